The zero-order chi connectivity index (χ0) is 11.4. The molecule has 0 amide bonds. The molecule has 2 atom stereocenters. The molecule has 1 saturated heterocycles. The highest BCUT2D eigenvalue weighted by Gasteiger charge is 2.23. The summed E-state index contributed by atoms with van der Waals surface area (Å²) >= 11 is 2.03. The first-order valence-electron chi connectivity index (χ1n) is 5.76. The Morgan fingerprint density at radius 3 is 3.00 bits per heavy atom. The van der Waals surface area contributed by atoms with Gasteiger partial charge >= 0.3 is 0 Å². The van der Waals surface area contributed by atoms with E-state index in [0.29, 0.717) is 23.8 Å². The van der Waals surface area contributed by atoms with Gasteiger partial charge in [0, 0.05) is 17.4 Å². The third kappa shape index (κ3) is 2.82. The molecule has 1 aromatic heterocycles. The zero-order valence-electron chi connectivity index (χ0n) is 9.77. The van der Waals surface area contributed by atoms with Crippen LogP contribution in [0.3, 0.4) is 0 Å². The third-order valence-electron chi connectivity index (χ3n) is 2.76. The van der Waals surface area contributed by atoms with Crippen molar-refractivity contribution in [2.24, 2.45) is 0 Å². The summed E-state index contributed by atoms with van der Waals surface area (Å²) in [6, 6.07) is 4.52. The SMILES string of the molecule is CCOc1ccc(NC2CCSC2C)cn1. The highest BCUT2D eigenvalue weighted by atomic mass is 32.2. The van der Waals surface area contributed by atoms with Crippen molar-refractivity contribution in [2.45, 2.75) is 31.6 Å². The lowest BCUT2D eigenvalue weighted by Gasteiger charge is -2.17. The molecule has 0 radical (unpaired) electrons. The normalized spacial score (nSPS) is 24.4. The van der Waals surface area contributed by atoms with Gasteiger partial charge in [-0.2, -0.15) is 11.8 Å². The maximum atomic E-state index is 5.31. The standard InChI is InChI=1S/C12H18N2OS/c1-3-15-12-5-4-10(8-13-12)14-11-6-7-16-9(11)2/h4-5,8-9,11,14H,3,6-7H2,1-2H3. The Labute approximate surface area is 101 Å². The number of anilines is 1. The number of pyridine rings is 1. The minimum absolute atomic E-state index is 0.574. The van der Waals surface area contributed by atoms with Crippen LogP contribution >= 0.6 is 11.8 Å². The van der Waals surface area contributed by atoms with Crippen molar-refractivity contribution >= 4 is 17.4 Å². The first kappa shape index (κ1) is 11.6. The number of thioether (sulfide) groups is 1. The fourth-order valence-electron chi connectivity index (χ4n) is 1.83. The van der Waals surface area contributed by atoms with Gasteiger partial charge in [0.25, 0.3) is 0 Å². The summed E-state index contributed by atoms with van der Waals surface area (Å²) in [4.78, 5) is 4.24. The van der Waals surface area contributed by atoms with E-state index in [2.05, 4.69) is 17.2 Å². The average Bonchev–Trinajstić information content (AvgIpc) is 2.68. The quantitative estimate of drug-likeness (QED) is 0.874. The number of nitrogens with zero attached hydrogens (tertiary/aromatic N) is 1. The van der Waals surface area contributed by atoms with E-state index in [-0.39, 0.29) is 0 Å². The van der Waals surface area contributed by atoms with Gasteiger partial charge in [-0.25, -0.2) is 4.98 Å². The molecule has 0 aromatic carbocycles. The van der Waals surface area contributed by atoms with E-state index in [4.69, 9.17) is 4.74 Å². The van der Waals surface area contributed by atoms with E-state index in [0.717, 1.165) is 5.69 Å². The van der Waals surface area contributed by atoms with Crippen LogP contribution in [-0.2, 0) is 0 Å². The second-order valence-corrected chi connectivity index (χ2v) is 5.42. The van der Waals surface area contributed by atoms with E-state index in [1.807, 2.05) is 37.0 Å². The molecule has 0 spiro atoms. The lowest BCUT2D eigenvalue weighted by Crippen LogP contribution is -2.24. The third-order valence-corrected chi connectivity index (χ3v) is 4.08. The summed E-state index contributed by atoms with van der Waals surface area (Å²) in [6.07, 6.45) is 3.08. The number of rotatable bonds is 4. The molecule has 0 saturated carbocycles. The Kier molecular flexibility index (Phi) is 3.93. The van der Waals surface area contributed by atoms with E-state index < -0.39 is 0 Å². The van der Waals surface area contributed by atoms with Crippen molar-refractivity contribution < 1.29 is 4.74 Å². The summed E-state index contributed by atoms with van der Waals surface area (Å²) in [5.41, 5.74) is 1.09. The van der Waals surface area contributed by atoms with Gasteiger partial charge in [-0.1, -0.05) is 6.92 Å². The number of hydrogen-bond donors (Lipinski definition) is 1. The van der Waals surface area contributed by atoms with Crippen molar-refractivity contribution in [2.75, 3.05) is 17.7 Å². The molecule has 1 aromatic rings. The van der Waals surface area contributed by atoms with E-state index >= 15 is 0 Å². The fourth-order valence-corrected chi connectivity index (χ4v) is 3.03. The maximum absolute atomic E-state index is 5.31. The monoisotopic (exact) mass is 238 g/mol. The van der Waals surface area contributed by atoms with Crippen molar-refractivity contribution in [3.05, 3.63) is 18.3 Å². The van der Waals surface area contributed by atoms with Gasteiger partial charge in [0.1, 0.15) is 0 Å². The lowest BCUT2D eigenvalue weighted by molar-refractivity contribution is 0.327. The highest BCUT2D eigenvalue weighted by Crippen LogP contribution is 2.28. The molecule has 3 nitrogen and oxygen atoms in total. The number of ether oxygens (including phenoxy) is 1. The van der Waals surface area contributed by atoms with Crippen LogP contribution in [0.1, 0.15) is 20.3 Å². The van der Waals surface area contributed by atoms with Gasteiger partial charge in [0.2, 0.25) is 5.88 Å². The van der Waals surface area contributed by atoms with Gasteiger partial charge in [-0.05, 0) is 25.2 Å². The first-order chi connectivity index (χ1) is 7.79. The van der Waals surface area contributed by atoms with Crippen molar-refractivity contribution in [1.29, 1.82) is 0 Å². The second kappa shape index (κ2) is 5.43. The zero-order valence-corrected chi connectivity index (χ0v) is 10.6. The lowest BCUT2D eigenvalue weighted by atomic mass is 10.1. The number of aromatic nitrogens is 1. The van der Waals surface area contributed by atoms with Crippen LogP contribution in [0.4, 0.5) is 5.69 Å². The van der Waals surface area contributed by atoms with Gasteiger partial charge in [0.05, 0.1) is 18.5 Å². The molecule has 1 aliphatic heterocycles. The first-order valence-corrected chi connectivity index (χ1v) is 6.81. The number of nitrogens with one attached hydrogen (secondary N) is 1. The topological polar surface area (TPSA) is 34.1 Å². The number of hydrogen-bond acceptors (Lipinski definition) is 4. The Balaban J connectivity index is 1.94. The van der Waals surface area contributed by atoms with Crippen LogP contribution in [0, 0.1) is 0 Å². The fraction of sp³-hybridized carbons (Fsp3) is 0.583. The molecule has 0 aliphatic carbocycles. The minimum Gasteiger partial charge on any atom is -0.478 e. The average molecular weight is 238 g/mol. The second-order valence-electron chi connectivity index (χ2n) is 3.93. The molecule has 16 heavy (non-hydrogen) atoms. The Morgan fingerprint density at radius 2 is 2.44 bits per heavy atom. The molecule has 0 bridgehead atoms. The van der Waals surface area contributed by atoms with Crippen LogP contribution in [-0.4, -0.2) is 28.6 Å². The molecule has 2 rings (SSSR count). The van der Waals surface area contributed by atoms with Gasteiger partial charge in [-0.3, -0.25) is 0 Å². The van der Waals surface area contributed by atoms with Crippen LogP contribution in [0.25, 0.3) is 0 Å². The van der Waals surface area contributed by atoms with Crippen LogP contribution in [0.2, 0.25) is 0 Å². The summed E-state index contributed by atoms with van der Waals surface area (Å²) < 4.78 is 5.31. The largest absolute Gasteiger partial charge is 0.478 e. The molecule has 88 valence electrons. The Morgan fingerprint density at radius 1 is 1.56 bits per heavy atom. The Hall–Kier alpha value is -0.900. The summed E-state index contributed by atoms with van der Waals surface area (Å²) in [6.45, 7) is 4.90. The minimum atomic E-state index is 0.574. The molecule has 1 fully saturated rings. The molecule has 2 unspecified atom stereocenters. The van der Waals surface area contributed by atoms with Gasteiger partial charge in [-0.15, -0.1) is 0 Å². The van der Waals surface area contributed by atoms with Crippen molar-refractivity contribution in [1.82, 2.24) is 4.98 Å². The molecule has 1 aliphatic rings. The van der Waals surface area contributed by atoms with Crippen LogP contribution < -0.4 is 10.1 Å². The summed E-state index contributed by atoms with van der Waals surface area (Å²) in [5.74, 6) is 1.95. The molecule has 2 heterocycles. The summed E-state index contributed by atoms with van der Waals surface area (Å²) in [5, 5.41) is 4.21. The van der Waals surface area contributed by atoms with Gasteiger partial charge in [0.15, 0.2) is 0 Å². The predicted molar refractivity (Wildman–Crippen MR) is 69.4 cm³/mol. The van der Waals surface area contributed by atoms with Crippen molar-refractivity contribution in [3.8, 4) is 5.88 Å². The van der Waals surface area contributed by atoms with E-state index in [9.17, 15) is 0 Å². The van der Waals surface area contributed by atoms with Crippen LogP contribution in [0.15, 0.2) is 18.3 Å². The Bertz CT molecular complexity index is 328. The molecular weight excluding hydrogens is 220 g/mol. The van der Waals surface area contributed by atoms with Gasteiger partial charge < -0.3 is 10.1 Å². The maximum Gasteiger partial charge on any atom is 0.213 e. The van der Waals surface area contributed by atoms with E-state index in [1.54, 1.807) is 0 Å². The summed E-state index contributed by atoms with van der Waals surface area (Å²) in [7, 11) is 0. The molecular formula is C12H18N2OS. The molecule has 4 heteroatoms. The smallest absolute Gasteiger partial charge is 0.213 e. The molecule has 1 N–H and O–H groups in total. The highest BCUT2D eigenvalue weighted by molar-refractivity contribution is 8.00. The predicted octanol–water partition coefficient (Wildman–Crippen LogP) is 2.79. The van der Waals surface area contributed by atoms with E-state index in [1.165, 1.54) is 12.2 Å². The van der Waals surface area contributed by atoms with Crippen molar-refractivity contribution in [3.63, 3.8) is 0 Å². The van der Waals surface area contributed by atoms with Crippen LogP contribution in [0.5, 0.6) is 5.88 Å².